The van der Waals surface area contributed by atoms with Gasteiger partial charge in [-0.3, -0.25) is 0 Å². The summed E-state index contributed by atoms with van der Waals surface area (Å²) in [7, 11) is 0. The third kappa shape index (κ3) is 2.77. The molecular weight excluding hydrogens is 352 g/mol. The van der Waals surface area contributed by atoms with Gasteiger partial charge in [0, 0.05) is 26.3 Å². The number of carboxylic acid groups (broad SMARTS) is 1. The van der Waals surface area contributed by atoms with Gasteiger partial charge in [-0.2, -0.15) is 0 Å². The first-order valence-electron chi connectivity index (χ1n) is 6.23. The smallest absolute Gasteiger partial charge is 0.337 e. The van der Waals surface area contributed by atoms with Crippen molar-refractivity contribution in [1.29, 1.82) is 0 Å². The zero-order valence-electron chi connectivity index (χ0n) is 10.8. The maximum Gasteiger partial charge on any atom is 0.337 e. The van der Waals surface area contributed by atoms with Crippen LogP contribution in [0.25, 0.3) is 10.8 Å². The summed E-state index contributed by atoms with van der Waals surface area (Å²) in [5, 5.41) is 16.0. The van der Waals surface area contributed by atoms with E-state index >= 15 is 0 Å². The minimum absolute atomic E-state index is 0.216. The van der Waals surface area contributed by atoms with Crippen LogP contribution in [0.3, 0.4) is 0 Å². The van der Waals surface area contributed by atoms with E-state index in [0.717, 1.165) is 9.86 Å². The fourth-order valence-electron chi connectivity index (χ4n) is 2.12. The molecule has 21 heavy (non-hydrogen) atoms. The van der Waals surface area contributed by atoms with Gasteiger partial charge in [0.05, 0.1) is 12.1 Å². The predicted molar refractivity (Wildman–Crippen MR) is 88.0 cm³/mol. The van der Waals surface area contributed by atoms with Gasteiger partial charge >= 0.3 is 5.97 Å². The van der Waals surface area contributed by atoms with E-state index in [4.69, 9.17) is 0 Å². The van der Waals surface area contributed by atoms with Crippen molar-refractivity contribution in [2.24, 2.45) is 0 Å². The van der Waals surface area contributed by atoms with E-state index in [0.29, 0.717) is 17.7 Å². The van der Waals surface area contributed by atoms with Crippen LogP contribution in [0.15, 0.2) is 46.4 Å². The van der Waals surface area contributed by atoms with Crippen LogP contribution in [0.4, 0.5) is 5.82 Å². The molecule has 0 bridgehead atoms. The summed E-state index contributed by atoms with van der Waals surface area (Å²) < 4.78 is 1.06. The number of rotatable bonds is 4. The van der Waals surface area contributed by atoms with Gasteiger partial charge in [-0.15, -0.1) is 11.3 Å². The van der Waals surface area contributed by atoms with Crippen molar-refractivity contribution in [2.45, 2.75) is 6.54 Å². The number of hydrogen-bond acceptors (Lipinski definition) is 4. The predicted octanol–water partition coefficient (Wildman–Crippen LogP) is 4.37. The van der Waals surface area contributed by atoms with Gasteiger partial charge in [-0.1, -0.05) is 24.3 Å². The first kappa shape index (κ1) is 14.0. The maximum absolute atomic E-state index is 11.3. The molecule has 0 fully saturated rings. The fourth-order valence-corrected chi connectivity index (χ4v) is 3.55. The molecule has 0 radical (unpaired) electrons. The molecule has 0 spiro atoms. The lowest BCUT2D eigenvalue weighted by atomic mass is 10.1. The highest BCUT2D eigenvalue weighted by atomic mass is 79.9. The Morgan fingerprint density at radius 1 is 1.29 bits per heavy atom. The van der Waals surface area contributed by atoms with Gasteiger partial charge in [0.2, 0.25) is 0 Å². The summed E-state index contributed by atoms with van der Waals surface area (Å²) in [6, 6.07) is 9.38. The third-order valence-corrected chi connectivity index (χ3v) is 5.06. The van der Waals surface area contributed by atoms with Gasteiger partial charge in [0.15, 0.2) is 0 Å². The quantitative estimate of drug-likeness (QED) is 0.723. The molecule has 0 saturated carbocycles. The first-order chi connectivity index (χ1) is 10.2. The molecule has 0 amide bonds. The lowest BCUT2D eigenvalue weighted by molar-refractivity contribution is 0.0698. The average Bonchev–Trinajstić information content (AvgIpc) is 2.89. The van der Waals surface area contributed by atoms with Gasteiger partial charge in [-0.05, 0) is 27.4 Å². The van der Waals surface area contributed by atoms with Crippen molar-refractivity contribution in [3.8, 4) is 0 Å². The van der Waals surface area contributed by atoms with Crippen molar-refractivity contribution >= 4 is 49.8 Å². The van der Waals surface area contributed by atoms with E-state index in [9.17, 15) is 9.90 Å². The molecule has 106 valence electrons. The highest BCUT2D eigenvalue weighted by molar-refractivity contribution is 9.10. The van der Waals surface area contributed by atoms with Crippen LogP contribution in [0.5, 0.6) is 0 Å². The van der Waals surface area contributed by atoms with Crippen molar-refractivity contribution in [2.75, 3.05) is 5.32 Å². The summed E-state index contributed by atoms with van der Waals surface area (Å²) in [6.07, 6.45) is 1.40. The highest BCUT2D eigenvalue weighted by Crippen LogP contribution is 2.27. The second kappa shape index (κ2) is 5.83. The number of halogens is 1. The number of thiophene rings is 1. The molecule has 6 heteroatoms. The number of carbonyl (C=O) groups is 1. The number of fused-ring (bicyclic) bond motifs is 1. The Balaban J connectivity index is 1.98. The molecule has 1 aromatic carbocycles. The minimum atomic E-state index is -0.966. The number of carboxylic acids is 1. The molecular formula is C15H11BrN2O2S. The Morgan fingerprint density at radius 2 is 2.05 bits per heavy atom. The maximum atomic E-state index is 11.3. The molecule has 0 aliphatic heterocycles. The van der Waals surface area contributed by atoms with Crippen LogP contribution in [-0.4, -0.2) is 16.1 Å². The standard InChI is InChI=1S/C15H11BrN2O2S/c16-12-5-6-21-13(12)8-18-14-10-4-2-1-3-9(10)11(7-17-14)15(19)20/h1-7H,8H2,(H,17,18)(H,19,20). The second-order valence-corrected chi connectivity index (χ2v) is 6.27. The Hall–Kier alpha value is -1.92. The molecule has 2 heterocycles. The molecule has 2 aromatic heterocycles. The number of aromatic carboxylic acids is 1. The molecule has 0 aliphatic carbocycles. The molecule has 4 nitrogen and oxygen atoms in total. The molecule has 0 unspecified atom stereocenters. The van der Waals surface area contributed by atoms with E-state index < -0.39 is 5.97 Å². The monoisotopic (exact) mass is 362 g/mol. The van der Waals surface area contributed by atoms with Gasteiger partial charge in [-0.25, -0.2) is 9.78 Å². The number of benzene rings is 1. The zero-order chi connectivity index (χ0) is 14.8. The van der Waals surface area contributed by atoms with Crippen LogP contribution in [-0.2, 0) is 6.54 Å². The van der Waals surface area contributed by atoms with E-state index in [1.54, 1.807) is 17.4 Å². The third-order valence-electron chi connectivity index (χ3n) is 3.13. The molecule has 0 atom stereocenters. The summed E-state index contributed by atoms with van der Waals surface area (Å²) in [5.41, 5.74) is 0.216. The largest absolute Gasteiger partial charge is 0.478 e. The summed E-state index contributed by atoms with van der Waals surface area (Å²) in [4.78, 5) is 16.7. The Kier molecular flexibility index (Phi) is 3.90. The van der Waals surface area contributed by atoms with Crippen LogP contribution in [0.2, 0.25) is 0 Å². The zero-order valence-corrected chi connectivity index (χ0v) is 13.2. The number of nitrogens with one attached hydrogen (secondary N) is 1. The minimum Gasteiger partial charge on any atom is -0.478 e. The molecule has 0 saturated heterocycles. The summed E-state index contributed by atoms with van der Waals surface area (Å²) in [6.45, 7) is 0.641. The normalized spacial score (nSPS) is 10.7. The van der Waals surface area contributed by atoms with Crippen molar-refractivity contribution in [1.82, 2.24) is 4.98 Å². The average molecular weight is 363 g/mol. The Labute approximate surface area is 133 Å². The van der Waals surface area contributed by atoms with Crippen molar-refractivity contribution in [3.63, 3.8) is 0 Å². The Bertz CT molecular complexity index is 816. The number of nitrogens with zero attached hydrogens (tertiary/aromatic N) is 1. The van der Waals surface area contributed by atoms with Crippen LogP contribution in [0.1, 0.15) is 15.2 Å². The number of aromatic nitrogens is 1. The first-order valence-corrected chi connectivity index (χ1v) is 7.91. The molecule has 3 aromatic rings. The van der Waals surface area contributed by atoms with Gasteiger partial charge < -0.3 is 10.4 Å². The van der Waals surface area contributed by atoms with E-state index in [2.05, 4.69) is 26.2 Å². The van der Waals surface area contributed by atoms with Gasteiger partial charge in [0.1, 0.15) is 5.82 Å². The van der Waals surface area contributed by atoms with Gasteiger partial charge in [0.25, 0.3) is 0 Å². The lowest BCUT2D eigenvalue weighted by Gasteiger charge is -2.10. The topological polar surface area (TPSA) is 62.2 Å². The SMILES string of the molecule is O=C(O)c1cnc(NCc2sccc2Br)c2ccccc12. The number of pyridine rings is 1. The number of hydrogen-bond donors (Lipinski definition) is 2. The van der Waals surface area contributed by atoms with E-state index in [-0.39, 0.29) is 5.56 Å². The summed E-state index contributed by atoms with van der Waals surface area (Å²) >= 11 is 5.14. The molecule has 2 N–H and O–H groups in total. The highest BCUT2D eigenvalue weighted by Gasteiger charge is 2.12. The van der Waals surface area contributed by atoms with Crippen molar-refractivity contribution < 1.29 is 9.90 Å². The van der Waals surface area contributed by atoms with Crippen LogP contribution in [0, 0.1) is 0 Å². The second-order valence-electron chi connectivity index (χ2n) is 4.42. The van der Waals surface area contributed by atoms with Crippen LogP contribution >= 0.6 is 27.3 Å². The van der Waals surface area contributed by atoms with E-state index in [1.807, 2.05) is 29.6 Å². The summed E-state index contributed by atoms with van der Waals surface area (Å²) in [5.74, 6) is -0.276. The Morgan fingerprint density at radius 3 is 2.71 bits per heavy atom. The fraction of sp³-hybridized carbons (Fsp3) is 0.0667. The van der Waals surface area contributed by atoms with Crippen LogP contribution < -0.4 is 5.32 Å². The number of anilines is 1. The lowest BCUT2D eigenvalue weighted by Crippen LogP contribution is -2.04. The molecule has 3 rings (SSSR count). The van der Waals surface area contributed by atoms with Crippen molar-refractivity contribution in [3.05, 3.63) is 56.8 Å². The molecule has 0 aliphatic rings. The van der Waals surface area contributed by atoms with E-state index in [1.165, 1.54) is 11.1 Å².